The summed E-state index contributed by atoms with van der Waals surface area (Å²) in [6, 6.07) is 12.2. The second-order valence-electron chi connectivity index (χ2n) is 10.1. The second-order valence-corrected chi connectivity index (χ2v) is 11.7. The number of halogens is 2. The van der Waals surface area contributed by atoms with Gasteiger partial charge in [0.05, 0.1) is 90.8 Å². The largest absolute Gasteiger partial charge is 0.504 e. The van der Waals surface area contributed by atoms with E-state index < -0.39 is 27.8 Å². The highest BCUT2D eigenvalue weighted by molar-refractivity contribution is 7.86. The molecule has 2 heterocycles. The smallest absolute Gasteiger partial charge is 0.297 e. The number of pyridine rings is 2. The van der Waals surface area contributed by atoms with Gasteiger partial charge in [0.1, 0.15) is 6.61 Å². The summed E-state index contributed by atoms with van der Waals surface area (Å²) in [7, 11) is -3.75. The van der Waals surface area contributed by atoms with E-state index in [2.05, 4.69) is 30.0 Å². The van der Waals surface area contributed by atoms with Gasteiger partial charge < -0.3 is 38.3 Å². The van der Waals surface area contributed by atoms with E-state index in [4.69, 9.17) is 53.5 Å². The average Bonchev–Trinajstić information content (AvgIpc) is 3.18. The van der Waals surface area contributed by atoms with Gasteiger partial charge in [0.15, 0.2) is 11.5 Å². The fourth-order valence-corrected chi connectivity index (χ4v) is 4.32. The Morgan fingerprint density at radius 2 is 1.07 bits per heavy atom. The number of nitrogens with zero attached hydrogens (tertiary/aromatic N) is 8. The van der Waals surface area contributed by atoms with Gasteiger partial charge in [0, 0.05) is 35.3 Å². The van der Waals surface area contributed by atoms with Crippen molar-refractivity contribution >= 4 is 10.1 Å². The molecule has 0 fully saturated rings. The molecule has 19 nitrogen and oxygen atoms in total. The van der Waals surface area contributed by atoms with E-state index in [1.165, 1.54) is 42.7 Å². The maximum absolute atomic E-state index is 13.1. The molecule has 3 aromatic rings. The minimum atomic E-state index is -3.75. The number of aryl methyl sites for hydroxylation is 1. The molecular formula is C33H46F2N8O11S. The molecule has 0 aliphatic heterocycles. The number of rotatable bonds is 27. The van der Waals surface area contributed by atoms with Crippen molar-refractivity contribution in [3.05, 3.63) is 99.3 Å². The van der Waals surface area contributed by atoms with Crippen molar-refractivity contribution in [2.75, 3.05) is 106 Å². The van der Waals surface area contributed by atoms with Gasteiger partial charge in [-0.15, -0.1) is 0 Å². The quantitative estimate of drug-likeness (QED) is 0.0268. The average molecular weight is 801 g/mol. The third kappa shape index (κ3) is 26.7. The lowest BCUT2D eigenvalue weighted by atomic mass is 10.2. The summed E-state index contributed by atoms with van der Waals surface area (Å²) in [4.78, 5) is 12.0. The van der Waals surface area contributed by atoms with Crippen LogP contribution in [0.5, 0.6) is 11.5 Å². The van der Waals surface area contributed by atoms with Crippen LogP contribution in [0.3, 0.4) is 0 Å². The first-order valence-corrected chi connectivity index (χ1v) is 18.1. The zero-order valence-corrected chi connectivity index (χ0v) is 31.2. The van der Waals surface area contributed by atoms with Crippen LogP contribution in [0, 0.1) is 18.8 Å². The highest BCUT2D eigenvalue weighted by Gasteiger charge is 2.14. The normalized spacial score (nSPS) is 10.5. The molecule has 304 valence electrons. The summed E-state index contributed by atoms with van der Waals surface area (Å²) in [6.45, 7) is 7.11. The van der Waals surface area contributed by atoms with Crippen LogP contribution < -0.4 is 4.74 Å². The topological polar surface area (TPSA) is 252 Å². The molecular weight excluding hydrogens is 754 g/mol. The Kier molecular flexibility index (Phi) is 28.7. The third-order valence-corrected chi connectivity index (χ3v) is 7.34. The molecule has 0 unspecified atom stereocenters. The molecule has 1 aromatic carbocycles. The number of hydrogen-bond acceptors (Lipinski definition) is 15. The van der Waals surface area contributed by atoms with E-state index in [0.29, 0.717) is 85.8 Å². The first-order valence-electron chi connectivity index (χ1n) is 16.7. The second kappa shape index (κ2) is 32.7. The highest BCUT2D eigenvalue weighted by atomic mass is 32.2. The summed E-state index contributed by atoms with van der Waals surface area (Å²) < 4.78 is 90.2. The number of aromatic nitrogens is 2. The Hall–Kier alpha value is -4.73. The van der Waals surface area contributed by atoms with Gasteiger partial charge in [0.25, 0.3) is 22.0 Å². The SMILES string of the molecule is Cc1ccc(S(=O)(=O)OCCOCCOCCOCCN=[N+]=[N-])cc1.Oc1cccnc1F.[N-]=[N+]=NCCOCCOCCOCCOc1cccnc1F. The van der Waals surface area contributed by atoms with Crippen molar-refractivity contribution in [3.63, 3.8) is 0 Å². The van der Waals surface area contributed by atoms with Crippen LogP contribution in [0.2, 0.25) is 0 Å². The van der Waals surface area contributed by atoms with Crippen molar-refractivity contribution in [2.24, 2.45) is 10.2 Å². The molecule has 2 aromatic heterocycles. The summed E-state index contributed by atoms with van der Waals surface area (Å²) in [5.74, 6) is -1.76. The predicted molar refractivity (Wildman–Crippen MR) is 193 cm³/mol. The lowest BCUT2D eigenvalue weighted by Crippen LogP contribution is -2.14. The van der Waals surface area contributed by atoms with Crippen LogP contribution in [0.25, 0.3) is 20.9 Å². The maximum Gasteiger partial charge on any atom is 0.297 e. The number of ether oxygens (including phenoxy) is 7. The Morgan fingerprint density at radius 1 is 0.636 bits per heavy atom. The molecule has 1 N–H and O–H groups in total. The fraction of sp³-hybridized carbons (Fsp3) is 0.515. The van der Waals surface area contributed by atoms with E-state index in [-0.39, 0.29) is 30.5 Å². The zero-order valence-electron chi connectivity index (χ0n) is 30.4. The fourth-order valence-electron chi connectivity index (χ4n) is 3.43. The van der Waals surface area contributed by atoms with Crippen molar-refractivity contribution in [2.45, 2.75) is 11.8 Å². The number of aromatic hydroxyl groups is 1. The first kappa shape index (κ1) is 48.3. The lowest BCUT2D eigenvalue weighted by molar-refractivity contribution is 0.0103. The van der Waals surface area contributed by atoms with Crippen LogP contribution in [-0.4, -0.2) is 129 Å². The standard InChI is InChI=1S/C15H23N3O6S.C13H19FN4O4.C5H4FNO/c1-14-2-4-15(5-3-14)25(19,20)24-13-12-23-11-10-22-9-8-21-7-6-17-18-16;14-13-12(2-1-3-16-13)22-11-10-21-9-8-20-7-6-19-5-4-17-18-15;6-5-4(8)2-1-3-7-5/h2-5H,6-13H2,1H3;1-3H,4-11H2;1-3,8H. The van der Waals surface area contributed by atoms with Gasteiger partial charge in [-0.2, -0.15) is 17.2 Å². The van der Waals surface area contributed by atoms with E-state index in [0.717, 1.165) is 5.56 Å². The molecule has 22 heteroatoms. The van der Waals surface area contributed by atoms with Gasteiger partial charge >= 0.3 is 0 Å². The highest BCUT2D eigenvalue weighted by Crippen LogP contribution is 2.13. The Balaban J connectivity index is 0.000000459. The lowest BCUT2D eigenvalue weighted by Gasteiger charge is -2.08. The summed E-state index contributed by atoms with van der Waals surface area (Å²) in [5, 5.41) is 15.1. The molecule has 0 bridgehead atoms. The van der Waals surface area contributed by atoms with Crippen LogP contribution in [-0.2, 0) is 42.7 Å². The zero-order chi connectivity index (χ0) is 40.2. The Bertz CT molecular complexity index is 1620. The van der Waals surface area contributed by atoms with Gasteiger partial charge in [-0.1, -0.05) is 27.9 Å². The van der Waals surface area contributed by atoms with Gasteiger partial charge in [0.2, 0.25) is 0 Å². The van der Waals surface area contributed by atoms with Gasteiger partial charge in [-0.25, -0.2) is 9.97 Å². The van der Waals surface area contributed by atoms with Crippen LogP contribution in [0.4, 0.5) is 8.78 Å². The molecule has 0 saturated heterocycles. The molecule has 0 aliphatic carbocycles. The molecule has 55 heavy (non-hydrogen) atoms. The van der Waals surface area contributed by atoms with Crippen LogP contribution in [0.15, 0.2) is 76.0 Å². The van der Waals surface area contributed by atoms with E-state index >= 15 is 0 Å². The first-order chi connectivity index (χ1) is 26.7. The molecule has 0 radical (unpaired) electrons. The summed E-state index contributed by atoms with van der Waals surface area (Å²) in [6.07, 6.45) is 2.63. The Morgan fingerprint density at radius 3 is 1.51 bits per heavy atom. The summed E-state index contributed by atoms with van der Waals surface area (Å²) >= 11 is 0. The number of hydrogen-bond donors (Lipinski definition) is 1. The van der Waals surface area contributed by atoms with E-state index in [1.54, 1.807) is 18.2 Å². The van der Waals surface area contributed by atoms with Gasteiger partial charge in [-0.05, 0) is 54.4 Å². The molecule has 0 aliphatic rings. The molecule has 0 saturated carbocycles. The summed E-state index contributed by atoms with van der Waals surface area (Å²) in [5.41, 5.74) is 17.1. The van der Waals surface area contributed by atoms with Crippen molar-refractivity contribution < 1.29 is 59.6 Å². The van der Waals surface area contributed by atoms with Crippen molar-refractivity contribution in [1.29, 1.82) is 0 Å². The molecule has 0 amide bonds. The Labute approximate surface area is 317 Å². The van der Waals surface area contributed by atoms with Crippen molar-refractivity contribution in [1.82, 2.24) is 9.97 Å². The van der Waals surface area contributed by atoms with Crippen molar-refractivity contribution in [3.8, 4) is 11.5 Å². The molecule has 0 atom stereocenters. The maximum atomic E-state index is 13.1. The third-order valence-electron chi connectivity index (χ3n) is 6.01. The minimum absolute atomic E-state index is 0.0568. The number of benzene rings is 1. The van der Waals surface area contributed by atoms with Crippen LogP contribution in [0.1, 0.15) is 5.56 Å². The van der Waals surface area contributed by atoms with Crippen LogP contribution >= 0.6 is 0 Å². The van der Waals surface area contributed by atoms with E-state index in [1.807, 2.05) is 6.92 Å². The monoisotopic (exact) mass is 800 g/mol. The predicted octanol–water partition coefficient (Wildman–Crippen LogP) is 4.95. The molecule has 3 rings (SSSR count). The molecule has 0 spiro atoms. The minimum Gasteiger partial charge on any atom is -0.504 e. The number of azide groups is 2. The van der Waals surface area contributed by atoms with Gasteiger partial charge in [-0.3, -0.25) is 4.18 Å². The van der Waals surface area contributed by atoms with E-state index in [9.17, 15) is 17.2 Å².